The summed E-state index contributed by atoms with van der Waals surface area (Å²) in [4.78, 5) is 7.00. The Bertz CT molecular complexity index is 549. The van der Waals surface area contributed by atoms with E-state index in [4.69, 9.17) is 0 Å². The average Bonchev–Trinajstić information content (AvgIpc) is 2.49. The molecule has 3 nitrogen and oxygen atoms in total. The van der Waals surface area contributed by atoms with Gasteiger partial charge in [-0.15, -0.1) is 0 Å². The molecule has 1 heterocycles. The lowest BCUT2D eigenvalue weighted by Crippen LogP contribution is -2.23. The van der Waals surface area contributed by atoms with Gasteiger partial charge in [0.1, 0.15) is 0 Å². The maximum absolute atomic E-state index is 4.59. The fraction of sp³-hybridized carbons (Fsp3) is 0.389. The molecule has 2 aromatic rings. The van der Waals surface area contributed by atoms with Gasteiger partial charge in [-0.1, -0.05) is 37.3 Å². The fourth-order valence-corrected chi connectivity index (χ4v) is 2.42. The molecule has 1 N–H and O–H groups in total. The molecule has 0 spiro atoms. The monoisotopic (exact) mass is 283 g/mol. The van der Waals surface area contributed by atoms with Gasteiger partial charge in [0, 0.05) is 25.3 Å². The van der Waals surface area contributed by atoms with E-state index in [1.165, 1.54) is 11.1 Å². The van der Waals surface area contributed by atoms with Crippen LogP contribution in [0.2, 0.25) is 0 Å². The number of nitrogens with one attached hydrogen (secondary N) is 1. The normalized spacial score (nSPS) is 11.0. The molecule has 0 aliphatic heterocycles. The average molecular weight is 283 g/mol. The van der Waals surface area contributed by atoms with Crippen molar-refractivity contribution in [1.29, 1.82) is 0 Å². The van der Waals surface area contributed by atoms with Crippen LogP contribution in [-0.4, -0.2) is 23.5 Å². The summed E-state index contributed by atoms with van der Waals surface area (Å²) in [6.45, 7) is 8.05. The third kappa shape index (κ3) is 4.96. The quantitative estimate of drug-likeness (QED) is 0.846. The van der Waals surface area contributed by atoms with Crippen LogP contribution in [0.4, 0.5) is 0 Å². The standard InChI is InChI=1S/C18H25N3/c1-4-21(14-18-7-5-6-15(2)20-18)13-17-10-8-16(9-11-17)12-19-3/h5-11,19H,4,12-14H2,1-3H3. The Kier molecular flexibility index (Phi) is 5.90. The van der Waals surface area contributed by atoms with E-state index in [9.17, 15) is 0 Å². The fourth-order valence-electron chi connectivity index (χ4n) is 2.42. The van der Waals surface area contributed by atoms with E-state index in [0.29, 0.717) is 0 Å². The topological polar surface area (TPSA) is 28.2 Å². The van der Waals surface area contributed by atoms with E-state index in [1.807, 2.05) is 20.0 Å². The number of benzene rings is 1. The highest BCUT2D eigenvalue weighted by Gasteiger charge is 2.06. The summed E-state index contributed by atoms with van der Waals surface area (Å²) in [7, 11) is 1.97. The highest BCUT2D eigenvalue weighted by molar-refractivity contribution is 5.22. The lowest BCUT2D eigenvalue weighted by atomic mass is 10.1. The van der Waals surface area contributed by atoms with Crippen molar-refractivity contribution >= 4 is 0 Å². The van der Waals surface area contributed by atoms with E-state index >= 15 is 0 Å². The lowest BCUT2D eigenvalue weighted by molar-refractivity contribution is 0.268. The Hall–Kier alpha value is -1.71. The van der Waals surface area contributed by atoms with Gasteiger partial charge in [-0.25, -0.2) is 0 Å². The molecule has 0 radical (unpaired) electrons. The van der Waals surface area contributed by atoms with Crippen molar-refractivity contribution in [3.63, 3.8) is 0 Å². The Balaban J connectivity index is 1.98. The molecule has 0 fully saturated rings. The molecule has 1 aromatic heterocycles. The minimum atomic E-state index is 0.899. The van der Waals surface area contributed by atoms with Crippen LogP contribution in [0.3, 0.4) is 0 Å². The van der Waals surface area contributed by atoms with Crippen LogP contribution in [0.15, 0.2) is 42.5 Å². The van der Waals surface area contributed by atoms with Gasteiger partial charge in [-0.2, -0.15) is 0 Å². The number of aryl methyl sites for hydroxylation is 1. The number of hydrogen-bond donors (Lipinski definition) is 1. The van der Waals surface area contributed by atoms with E-state index in [-0.39, 0.29) is 0 Å². The molecule has 0 saturated heterocycles. The van der Waals surface area contributed by atoms with E-state index < -0.39 is 0 Å². The first-order valence-corrected chi connectivity index (χ1v) is 7.58. The number of rotatable bonds is 7. The smallest absolute Gasteiger partial charge is 0.0547 e. The molecule has 0 saturated carbocycles. The molecule has 0 bridgehead atoms. The Morgan fingerprint density at radius 1 is 1.00 bits per heavy atom. The summed E-state index contributed by atoms with van der Waals surface area (Å²) in [5.74, 6) is 0. The second kappa shape index (κ2) is 7.91. The molecule has 1 aromatic carbocycles. The van der Waals surface area contributed by atoms with Crippen LogP contribution in [-0.2, 0) is 19.6 Å². The maximum Gasteiger partial charge on any atom is 0.0547 e. The zero-order valence-corrected chi connectivity index (χ0v) is 13.3. The van der Waals surface area contributed by atoms with Crippen LogP contribution in [0, 0.1) is 6.92 Å². The molecule has 0 atom stereocenters. The summed E-state index contributed by atoms with van der Waals surface area (Å²) in [5, 5.41) is 3.17. The van der Waals surface area contributed by atoms with Crippen molar-refractivity contribution in [1.82, 2.24) is 15.2 Å². The Morgan fingerprint density at radius 2 is 1.71 bits per heavy atom. The molecular weight excluding hydrogens is 258 g/mol. The first-order valence-electron chi connectivity index (χ1n) is 7.58. The predicted octanol–water partition coefficient (Wildman–Crippen LogP) is 3.13. The van der Waals surface area contributed by atoms with Gasteiger partial charge in [0.25, 0.3) is 0 Å². The zero-order valence-electron chi connectivity index (χ0n) is 13.3. The second-order valence-electron chi connectivity index (χ2n) is 5.42. The number of hydrogen-bond acceptors (Lipinski definition) is 3. The van der Waals surface area contributed by atoms with Gasteiger partial charge in [0.05, 0.1) is 5.69 Å². The zero-order chi connectivity index (χ0) is 15.1. The lowest BCUT2D eigenvalue weighted by Gasteiger charge is -2.20. The largest absolute Gasteiger partial charge is 0.316 e. The van der Waals surface area contributed by atoms with Crippen molar-refractivity contribution in [3.05, 3.63) is 65.0 Å². The van der Waals surface area contributed by atoms with Crippen LogP contribution in [0.5, 0.6) is 0 Å². The number of pyridine rings is 1. The van der Waals surface area contributed by atoms with Crippen molar-refractivity contribution < 1.29 is 0 Å². The number of aromatic nitrogens is 1. The summed E-state index contributed by atoms with van der Waals surface area (Å²) in [5.41, 5.74) is 4.90. The van der Waals surface area contributed by atoms with Gasteiger partial charge < -0.3 is 5.32 Å². The van der Waals surface area contributed by atoms with Crippen LogP contribution in [0.25, 0.3) is 0 Å². The Morgan fingerprint density at radius 3 is 2.33 bits per heavy atom. The summed E-state index contributed by atoms with van der Waals surface area (Å²) in [6, 6.07) is 15.1. The van der Waals surface area contributed by atoms with Gasteiger partial charge in [0.2, 0.25) is 0 Å². The van der Waals surface area contributed by atoms with E-state index in [1.54, 1.807) is 0 Å². The molecular formula is C18H25N3. The van der Waals surface area contributed by atoms with E-state index in [0.717, 1.165) is 37.6 Å². The third-order valence-electron chi connectivity index (χ3n) is 3.59. The third-order valence-corrected chi connectivity index (χ3v) is 3.59. The minimum Gasteiger partial charge on any atom is -0.316 e. The molecule has 0 unspecified atom stereocenters. The maximum atomic E-state index is 4.59. The van der Waals surface area contributed by atoms with Crippen molar-refractivity contribution in [2.75, 3.05) is 13.6 Å². The highest BCUT2D eigenvalue weighted by Crippen LogP contribution is 2.10. The molecule has 21 heavy (non-hydrogen) atoms. The van der Waals surface area contributed by atoms with Gasteiger partial charge in [-0.3, -0.25) is 9.88 Å². The first-order chi connectivity index (χ1) is 10.2. The van der Waals surface area contributed by atoms with Crippen molar-refractivity contribution in [3.8, 4) is 0 Å². The van der Waals surface area contributed by atoms with Crippen LogP contribution >= 0.6 is 0 Å². The second-order valence-corrected chi connectivity index (χ2v) is 5.42. The van der Waals surface area contributed by atoms with Crippen LogP contribution in [0.1, 0.15) is 29.4 Å². The SMILES string of the molecule is CCN(Cc1ccc(CNC)cc1)Cc1cccc(C)n1. The van der Waals surface area contributed by atoms with Gasteiger partial charge in [-0.05, 0) is 43.8 Å². The molecule has 0 aliphatic carbocycles. The predicted molar refractivity (Wildman–Crippen MR) is 88.0 cm³/mol. The highest BCUT2D eigenvalue weighted by atomic mass is 15.1. The number of nitrogens with zero attached hydrogens (tertiary/aromatic N) is 2. The summed E-state index contributed by atoms with van der Waals surface area (Å²) >= 11 is 0. The van der Waals surface area contributed by atoms with E-state index in [2.05, 4.69) is 58.5 Å². The van der Waals surface area contributed by atoms with Gasteiger partial charge in [0.15, 0.2) is 0 Å². The Labute approximate surface area is 128 Å². The van der Waals surface area contributed by atoms with Crippen molar-refractivity contribution in [2.24, 2.45) is 0 Å². The molecule has 112 valence electrons. The van der Waals surface area contributed by atoms with Crippen molar-refractivity contribution in [2.45, 2.75) is 33.5 Å². The summed E-state index contributed by atoms with van der Waals surface area (Å²) in [6.07, 6.45) is 0. The molecule has 0 aliphatic rings. The van der Waals surface area contributed by atoms with Crippen LogP contribution < -0.4 is 5.32 Å². The molecule has 3 heteroatoms. The minimum absolute atomic E-state index is 0.899. The first kappa shape index (κ1) is 15.7. The van der Waals surface area contributed by atoms with Gasteiger partial charge >= 0.3 is 0 Å². The molecule has 2 rings (SSSR count). The molecule has 0 amide bonds. The summed E-state index contributed by atoms with van der Waals surface area (Å²) < 4.78 is 0.